The van der Waals surface area contributed by atoms with Crippen LogP contribution in [-0.4, -0.2) is 31.6 Å². The number of aliphatic imine (C=N–C) groups is 2. The molecule has 0 aliphatic carbocycles. The summed E-state index contributed by atoms with van der Waals surface area (Å²) in [6, 6.07) is 19.1. The molecule has 2 aromatic carbocycles. The lowest BCUT2D eigenvalue weighted by molar-refractivity contribution is 0.415. The fourth-order valence-corrected chi connectivity index (χ4v) is 2.20. The van der Waals surface area contributed by atoms with Gasteiger partial charge in [0.15, 0.2) is 0 Å². The Labute approximate surface area is 146 Å². The Balaban J connectivity index is 1.64. The first-order chi connectivity index (χ1) is 12.3. The van der Waals surface area contributed by atoms with Crippen molar-refractivity contribution < 1.29 is 9.47 Å². The Hall–Kier alpha value is -3.34. The van der Waals surface area contributed by atoms with Crippen LogP contribution in [0.2, 0.25) is 0 Å². The van der Waals surface area contributed by atoms with Crippen LogP contribution >= 0.6 is 0 Å². The van der Waals surface area contributed by atoms with Crippen LogP contribution in [0.1, 0.15) is 11.4 Å². The molecule has 0 aliphatic rings. The van der Waals surface area contributed by atoms with E-state index in [2.05, 4.69) is 15.0 Å². The molecule has 0 unspecified atom stereocenters. The molecule has 0 fully saturated rings. The van der Waals surface area contributed by atoms with Crippen molar-refractivity contribution in [3.8, 4) is 11.5 Å². The molecule has 0 atom stereocenters. The Morgan fingerprint density at radius 3 is 1.40 bits per heavy atom. The lowest BCUT2D eigenvalue weighted by atomic mass is 10.3. The number of methoxy groups -OCH3 is 2. The van der Waals surface area contributed by atoms with Gasteiger partial charge in [0.05, 0.1) is 49.4 Å². The minimum Gasteiger partial charge on any atom is -0.497 e. The van der Waals surface area contributed by atoms with Crippen LogP contribution < -0.4 is 9.47 Å². The molecule has 0 amide bonds. The Morgan fingerprint density at radius 2 is 1.04 bits per heavy atom. The highest BCUT2D eigenvalue weighted by atomic mass is 16.5. The van der Waals surface area contributed by atoms with Crippen molar-refractivity contribution in [2.75, 3.05) is 14.2 Å². The van der Waals surface area contributed by atoms with E-state index in [1.165, 1.54) is 0 Å². The van der Waals surface area contributed by atoms with Gasteiger partial charge in [-0.2, -0.15) is 0 Å². The van der Waals surface area contributed by atoms with Crippen molar-refractivity contribution in [3.05, 3.63) is 72.1 Å². The SMILES string of the molecule is COc1ccc(N=Cc2ccc(C=Nc3ccc(OC)cc3)[nH]2)cc1. The quantitative estimate of drug-likeness (QED) is 0.674. The van der Waals surface area contributed by atoms with Crippen LogP contribution in [0, 0.1) is 0 Å². The molecule has 1 aromatic heterocycles. The first-order valence-electron chi connectivity index (χ1n) is 7.82. The van der Waals surface area contributed by atoms with Gasteiger partial charge >= 0.3 is 0 Å². The molecule has 3 rings (SSSR count). The van der Waals surface area contributed by atoms with Crippen LogP contribution in [0.5, 0.6) is 11.5 Å². The largest absolute Gasteiger partial charge is 0.497 e. The van der Waals surface area contributed by atoms with Gasteiger partial charge in [-0.25, -0.2) is 0 Å². The summed E-state index contributed by atoms with van der Waals surface area (Å²) in [6.45, 7) is 0. The van der Waals surface area contributed by atoms with Crippen LogP contribution in [0.25, 0.3) is 0 Å². The van der Waals surface area contributed by atoms with E-state index in [-0.39, 0.29) is 0 Å². The third kappa shape index (κ3) is 4.57. The van der Waals surface area contributed by atoms with Crippen LogP contribution in [0.15, 0.2) is 70.6 Å². The molecule has 5 nitrogen and oxygen atoms in total. The average molecular weight is 333 g/mol. The highest BCUT2D eigenvalue weighted by Crippen LogP contribution is 2.18. The number of hydrogen-bond donors (Lipinski definition) is 1. The topological polar surface area (TPSA) is 59.0 Å². The fraction of sp³-hybridized carbons (Fsp3) is 0.100. The summed E-state index contributed by atoms with van der Waals surface area (Å²) in [5.41, 5.74) is 3.55. The minimum atomic E-state index is 0.816. The summed E-state index contributed by atoms with van der Waals surface area (Å²) in [5.74, 6) is 1.63. The second kappa shape index (κ2) is 7.97. The van der Waals surface area contributed by atoms with Crippen LogP contribution in [0.3, 0.4) is 0 Å². The normalized spacial score (nSPS) is 11.3. The zero-order chi connectivity index (χ0) is 17.5. The standard InChI is InChI=1S/C20H19N3O2/c1-24-19-9-5-15(6-10-19)21-13-17-3-4-18(23-17)14-22-16-7-11-20(25-2)12-8-16/h3-14,23H,1-2H3. The maximum atomic E-state index is 5.13. The fourth-order valence-electron chi connectivity index (χ4n) is 2.20. The molecule has 126 valence electrons. The van der Waals surface area contributed by atoms with Crippen molar-refractivity contribution in [3.63, 3.8) is 0 Å². The molecule has 25 heavy (non-hydrogen) atoms. The van der Waals surface area contributed by atoms with E-state index in [9.17, 15) is 0 Å². The first-order valence-corrected chi connectivity index (χ1v) is 7.82. The van der Waals surface area contributed by atoms with Gasteiger partial charge in [0.2, 0.25) is 0 Å². The van der Waals surface area contributed by atoms with Gasteiger partial charge < -0.3 is 14.5 Å². The predicted octanol–water partition coefficient (Wildman–Crippen LogP) is 4.53. The Bertz CT molecular complexity index is 791. The van der Waals surface area contributed by atoms with Crippen molar-refractivity contribution in [1.82, 2.24) is 4.98 Å². The third-order valence-electron chi connectivity index (χ3n) is 3.58. The van der Waals surface area contributed by atoms with Crippen LogP contribution in [0.4, 0.5) is 11.4 Å². The molecule has 0 radical (unpaired) electrons. The summed E-state index contributed by atoms with van der Waals surface area (Å²) >= 11 is 0. The second-order valence-electron chi connectivity index (χ2n) is 5.28. The lowest BCUT2D eigenvalue weighted by Crippen LogP contribution is -1.84. The molecular weight excluding hydrogens is 314 g/mol. The van der Waals surface area contributed by atoms with E-state index < -0.39 is 0 Å². The maximum Gasteiger partial charge on any atom is 0.119 e. The molecule has 5 heteroatoms. The second-order valence-corrected chi connectivity index (χ2v) is 5.28. The van der Waals surface area contributed by atoms with E-state index in [4.69, 9.17) is 9.47 Å². The molecule has 3 aromatic rings. The Morgan fingerprint density at radius 1 is 0.640 bits per heavy atom. The number of rotatable bonds is 6. The monoisotopic (exact) mass is 333 g/mol. The molecular formula is C20H19N3O2. The summed E-state index contributed by atoms with van der Waals surface area (Å²) in [7, 11) is 3.29. The summed E-state index contributed by atoms with van der Waals surface area (Å²) < 4.78 is 10.3. The van der Waals surface area contributed by atoms with Gasteiger partial charge in [0.25, 0.3) is 0 Å². The van der Waals surface area contributed by atoms with Crippen molar-refractivity contribution in [1.29, 1.82) is 0 Å². The van der Waals surface area contributed by atoms with E-state index in [1.807, 2.05) is 60.7 Å². The van der Waals surface area contributed by atoms with Gasteiger partial charge in [-0.3, -0.25) is 9.98 Å². The predicted molar refractivity (Wildman–Crippen MR) is 101 cm³/mol. The number of aromatic nitrogens is 1. The summed E-state index contributed by atoms with van der Waals surface area (Å²) in [4.78, 5) is 12.1. The minimum absolute atomic E-state index is 0.816. The lowest BCUT2D eigenvalue weighted by Gasteiger charge is -1.98. The first kappa shape index (κ1) is 16.5. The van der Waals surface area contributed by atoms with Gasteiger partial charge in [-0.05, 0) is 60.7 Å². The van der Waals surface area contributed by atoms with E-state index in [1.54, 1.807) is 26.6 Å². The molecule has 0 aliphatic heterocycles. The van der Waals surface area contributed by atoms with Crippen molar-refractivity contribution in [2.45, 2.75) is 0 Å². The summed E-state index contributed by atoms with van der Waals surface area (Å²) in [5, 5.41) is 0. The number of nitrogens with zero attached hydrogens (tertiary/aromatic N) is 2. The maximum absolute atomic E-state index is 5.13. The highest BCUT2D eigenvalue weighted by molar-refractivity contribution is 5.85. The molecule has 0 saturated carbocycles. The molecule has 1 N–H and O–H groups in total. The van der Waals surface area contributed by atoms with Crippen LogP contribution in [-0.2, 0) is 0 Å². The zero-order valence-electron chi connectivity index (χ0n) is 14.1. The zero-order valence-corrected chi connectivity index (χ0v) is 14.1. The van der Waals surface area contributed by atoms with Gasteiger partial charge in [0, 0.05) is 0 Å². The van der Waals surface area contributed by atoms with Gasteiger partial charge in [-0.1, -0.05) is 0 Å². The van der Waals surface area contributed by atoms with E-state index >= 15 is 0 Å². The summed E-state index contributed by atoms with van der Waals surface area (Å²) in [6.07, 6.45) is 3.57. The highest BCUT2D eigenvalue weighted by Gasteiger charge is 1.96. The molecule has 0 bridgehead atoms. The number of aromatic amines is 1. The molecule has 0 saturated heterocycles. The molecule has 0 spiro atoms. The third-order valence-corrected chi connectivity index (χ3v) is 3.58. The van der Waals surface area contributed by atoms with Gasteiger partial charge in [-0.15, -0.1) is 0 Å². The number of H-pyrrole nitrogens is 1. The molecule has 1 heterocycles. The Kier molecular flexibility index (Phi) is 5.26. The van der Waals surface area contributed by atoms with Crippen molar-refractivity contribution >= 4 is 23.8 Å². The average Bonchev–Trinajstić information content (AvgIpc) is 3.13. The van der Waals surface area contributed by atoms with E-state index in [0.717, 1.165) is 34.3 Å². The number of nitrogens with one attached hydrogen (secondary N) is 1. The van der Waals surface area contributed by atoms with Gasteiger partial charge in [0.1, 0.15) is 11.5 Å². The van der Waals surface area contributed by atoms with Crippen molar-refractivity contribution in [2.24, 2.45) is 9.98 Å². The number of ether oxygens (including phenoxy) is 2. The smallest absolute Gasteiger partial charge is 0.119 e. The van der Waals surface area contributed by atoms with E-state index in [0.29, 0.717) is 0 Å². The number of hydrogen-bond acceptors (Lipinski definition) is 4. The number of benzene rings is 2.